The van der Waals surface area contributed by atoms with Gasteiger partial charge in [-0.25, -0.2) is 4.98 Å². The van der Waals surface area contributed by atoms with E-state index in [1.54, 1.807) is 7.11 Å². The van der Waals surface area contributed by atoms with Gasteiger partial charge in [-0.05, 0) is 30.5 Å². The topological polar surface area (TPSA) is 83.1 Å². The van der Waals surface area contributed by atoms with Crippen LogP contribution in [-0.4, -0.2) is 56.0 Å². The first-order chi connectivity index (χ1) is 12.2. The maximum atomic E-state index is 10.7. The summed E-state index contributed by atoms with van der Waals surface area (Å²) in [5, 5.41) is 24.6. The summed E-state index contributed by atoms with van der Waals surface area (Å²) in [4.78, 5) is 7.95. The molecule has 3 heterocycles. The number of ether oxygens (including phenoxy) is 1. The molecule has 0 bridgehead atoms. The molecule has 1 atom stereocenters. The first kappa shape index (κ1) is 16.3. The Labute approximate surface area is 149 Å². The zero-order chi connectivity index (χ0) is 17.4. The molecule has 7 nitrogen and oxygen atoms in total. The van der Waals surface area contributed by atoms with E-state index in [-0.39, 0.29) is 18.0 Å². The van der Waals surface area contributed by atoms with Crippen LogP contribution < -0.4 is 4.74 Å². The first-order valence-electron chi connectivity index (χ1n) is 8.25. The molecule has 132 valence electrons. The summed E-state index contributed by atoms with van der Waals surface area (Å²) >= 11 is 1.44. The number of aliphatic hydroxyl groups excluding tert-OH is 1. The van der Waals surface area contributed by atoms with E-state index >= 15 is 0 Å². The number of thiazole rings is 1. The van der Waals surface area contributed by atoms with Crippen LogP contribution in [0, 0.1) is 0 Å². The number of hydrogen-bond acceptors (Lipinski definition) is 7. The Morgan fingerprint density at radius 2 is 2.12 bits per heavy atom. The van der Waals surface area contributed by atoms with Gasteiger partial charge in [0, 0.05) is 13.1 Å². The summed E-state index contributed by atoms with van der Waals surface area (Å²) in [5.41, 5.74) is 1.04. The molecule has 1 saturated heterocycles. The van der Waals surface area contributed by atoms with Gasteiger partial charge in [0.2, 0.25) is 10.8 Å². The number of rotatable bonds is 4. The maximum absolute atomic E-state index is 10.7. The standard InChI is InChI=1S/C17H20N4O3S/c1-24-13-4-2-3-11(9-13)14(20-7-5-12(22)6-8-20)15-16(23)21-17(25-15)18-10-19-21/h2-4,9-10,12,14,22-23H,5-8H2,1H3. The molecule has 1 aliphatic rings. The molecule has 2 aromatic heterocycles. The third-order valence-electron chi connectivity index (χ3n) is 4.66. The molecule has 2 N–H and O–H groups in total. The number of likely N-dealkylation sites (tertiary alicyclic amines) is 1. The highest BCUT2D eigenvalue weighted by Crippen LogP contribution is 2.41. The second-order valence-electron chi connectivity index (χ2n) is 6.19. The Morgan fingerprint density at radius 3 is 2.84 bits per heavy atom. The predicted molar refractivity (Wildman–Crippen MR) is 94.2 cm³/mol. The van der Waals surface area contributed by atoms with Gasteiger partial charge in [0.25, 0.3) is 0 Å². The number of methoxy groups -OCH3 is 1. The van der Waals surface area contributed by atoms with Crippen LogP contribution in [0.4, 0.5) is 0 Å². The highest BCUT2D eigenvalue weighted by atomic mass is 32.1. The van der Waals surface area contributed by atoms with Crippen molar-refractivity contribution < 1.29 is 14.9 Å². The van der Waals surface area contributed by atoms with Crippen molar-refractivity contribution in [2.75, 3.05) is 20.2 Å². The number of nitrogens with zero attached hydrogens (tertiary/aromatic N) is 4. The second kappa shape index (κ2) is 6.62. The summed E-state index contributed by atoms with van der Waals surface area (Å²) in [6.07, 6.45) is 2.63. The normalized spacial score (nSPS) is 17.8. The molecule has 0 saturated carbocycles. The van der Waals surface area contributed by atoms with Crippen molar-refractivity contribution in [3.63, 3.8) is 0 Å². The fourth-order valence-corrected chi connectivity index (χ4v) is 4.45. The van der Waals surface area contributed by atoms with Gasteiger partial charge < -0.3 is 14.9 Å². The van der Waals surface area contributed by atoms with Crippen LogP contribution in [0.15, 0.2) is 30.6 Å². The molecule has 4 rings (SSSR count). The van der Waals surface area contributed by atoms with E-state index in [1.807, 2.05) is 24.3 Å². The Morgan fingerprint density at radius 1 is 1.32 bits per heavy atom. The number of piperidine rings is 1. The van der Waals surface area contributed by atoms with E-state index in [4.69, 9.17) is 4.74 Å². The number of hydrogen-bond donors (Lipinski definition) is 2. The average molecular weight is 360 g/mol. The summed E-state index contributed by atoms with van der Waals surface area (Å²) < 4.78 is 6.84. The molecule has 1 aliphatic heterocycles. The van der Waals surface area contributed by atoms with Crippen molar-refractivity contribution >= 4 is 16.3 Å². The van der Waals surface area contributed by atoms with Crippen LogP contribution in [0.1, 0.15) is 29.3 Å². The lowest BCUT2D eigenvalue weighted by Crippen LogP contribution is -2.38. The van der Waals surface area contributed by atoms with Gasteiger partial charge in [0.15, 0.2) is 0 Å². The van der Waals surface area contributed by atoms with Gasteiger partial charge in [-0.1, -0.05) is 23.5 Å². The van der Waals surface area contributed by atoms with E-state index < -0.39 is 0 Å². The molecule has 1 aromatic carbocycles. The zero-order valence-electron chi connectivity index (χ0n) is 13.9. The third kappa shape index (κ3) is 2.97. The molecular weight excluding hydrogens is 340 g/mol. The molecule has 8 heteroatoms. The molecule has 0 radical (unpaired) electrons. The Bertz CT molecular complexity index is 870. The predicted octanol–water partition coefficient (Wildman–Crippen LogP) is 2.05. The van der Waals surface area contributed by atoms with E-state index in [1.165, 1.54) is 22.2 Å². The van der Waals surface area contributed by atoms with Gasteiger partial charge in [0.05, 0.1) is 24.1 Å². The Hall–Kier alpha value is -2.16. The monoisotopic (exact) mass is 360 g/mol. The van der Waals surface area contributed by atoms with Crippen molar-refractivity contribution in [3.8, 4) is 11.6 Å². The SMILES string of the molecule is COc1cccc(C(c2sc3ncnn3c2O)N2CCC(O)CC2)c1. The van der Waals surface area contributed by atoms with Crippen LogP contribution in [0.3, 0.4) is 0 Å². The molecule has 25 heavy (non-hydrogen) atoms. The minimum Gasteiger partial charge on any atom is -0.497 e. The van der Waals surface area contributed by atoms with Crippen molar-refractivity contribution in [3.05, 3.63) is 41.0 Å². The molecular formula is C17H20N4O3S. The summed E-state index contributed by atoms with van der Waals surface area (Å²) in [7, 11) is 1.64. The highest BCUT2D eigenvalue weighted by molar-refractivity contribution is 7.17. The van der Waals surface area contributed by atoms with Crippen molar-refractivity contribution in [2.45, 2.75) is 25.0 Å². The average Bonchev–Trinajstić information content (AvgIpc) is 3.21. The largest absolute Gasteiger partial charge is 0.497 e. The quantitative estimate of drug-likeness (QED) is 0.741. The molecule has 0 spiro atoms. The van der Waals surface area contributed by atoms with E-state index in [0.717, 1.165) is 42.1 Å². The fourth-order valence-electron chi connectivity index (χ4n) is 3.36. The van der Waals surface area contributed by atoms with Crippen molar-refractivity contribution in [1.82, 2.24) is 19.5 Å². The molecule has 0 amide bonds. The molecule has 3 aromatic rings. The van der Waals surface area contributed by atoms with Crippen molar-refractivity contribution in [1.29, 1.82) is 0 Å². The van der Waals surface area contributed by atoms with Crippen LogP contribution >= 0.6 is 11.3 Å². The fraction of sp³-hybridized carbons (Fsp3) is 0.412. The number of aliphatic hydroxyl groups is 1. The number of aromatic hydroxyl groups is 1. The highest BCUT2D eigenvalue weighted by Gasteiger charge is 2.31. The van der Waals surface area contributed by atoms with Gasteiger partial charge in [-0.3, -0.25) is 4.90 Å². The lowest BCUT2D eigenvalue weighted by Gasteiger charge is -2.36. The Kier molecular flexibility index (Phi) is 4.32. The van der Waals surface area contributed by atoms with Crippen molar-refractivity contribution in [2.24, 2.45) is 0 Å². The smallest absolute Gasteiger partial charge is 0.230 e. The number of fused-ring (bicyclic) bond motifs is 1. The first-order valence-corrected chi connectivity index (χ1v) is 9.06. The Balaban J connectivity index is 1.80. The maximum Gasteiger partial charge on any atom is 0.230 e. The lowest BCUT2D eigenvalue weighted by atomic mass is 9.99. The van der Waals surface area contributed by atoms with Gasteiger partial charge in [-0.2, -0.15) is 9.61 Å². The number of benzene rings is 1. The lowest BCUT2D eigenvalue weighted by molar-refractivity contribution is 0.0689. The van der Waals surface area contributed by atoms with Crippen LogP contribution in [0.2, 0.25) is 0 Å². The molecule has 1 unspecified atom stereocenters. The van der Waals surface area contributed by atoms with Gasteiger partial charge >= 0.3 is 0 Å². The van der Waals surface area contributed by atoms with Gasteiger partial charge in [0.1, 0.15) is 12.1 Å². The van der Waals surface area contributed by atoms with Crippen LogP contribution in [0.25, 0.3) is 4.96 Å². The third-order valence-corrected chi connectivity index (χ3v) is 5.75. The summed E-state index contributed by atoms with van der Waals surface area (Å²) in [5.74, 6) is 0.898. The zero-order valence-corrected chi connectivity index (χ0v) is 14.7. The molecule has 1 fully saturated rings. The number of aromatic nitrogens is 3. The van der Waals surface area contributed by atoms with E-state index in [9.17, 15) is 10.2 Å². The van der Waals surface area contributed by atoms with Crippen LogP contribution in [0.5, 0.6) is 11.6 Å². The minimum atomic E-state index is -0.252. The molecule has 0 aliphatic carbocycles. The van der Waals surface area contributed by atoms with Gasteiger partial charge in [-0.15, -0.1) is 0 Å². The second-order valence-corrected chi connectivity index (χ2v) is 7.20. The minimum absolute atomic E-state index is 0.122. The van der Waals surface area contributed by atoms with E-state index in [2.05, 4.69) is 15.0 Å². The van der Waals surface area contributed by atoms with E-state index in [0.29, 0.717) is 4.96 Å². The summed E-state index contributed by atoms with van der Waals surface area (Å²) in [6, 6.07) is 7.76. The van der Waals surface area contributed by atoms with Crippen LogP contribution in [-0.2, 0) is 0 Å². The summed E-state index contributed by atoms with van der Waals surface area (Å²) in [6.45, 7) is 1.52.